The number of para-hydroxylation sites is 2. The molecule has 5 rings (SSSR count). The van der Waals surface area contributed by atoms with Gasteiger partial charge in [-0.25, -0.2) is 4.98 Å². The van der Waals surface area contributed by atoms with Crippen LogP contribution in [0.25, 0.3) is 11.0 Å². The molecule has 0 spiro atoms. The fraction of sp³-hybridized carbons (Fsp3) is 0.286. The summed E-state index contributed by atoms with van der Waals surface area (Å²) < 4.78 is 7.66. The van der Waals surface area contributed by atoms with Crippen LogP contribution in [0, 0.1) is 0 Å². The Hall–Kier alpha value is -3.29. The van der Waals surface area contributed by atoms with E-state index in [1.165, 1.54) is 17.3 Å². The molecule has 35 heavy (non-hydrogen) atoms. The van der Waals surface area contributed by atoms with Gasteiger partial charge in [0.2, 0.25) is 5.91 Å². The van der Waals surface area contributed by atoms with Crippen LogP contribution in [-0.2, 0) is 22.5 Å². The Bertz CT molecular complexity index is 1270. The number of rotatable bonds is 8. The molecule has 2 heterocycles. The van der Waals surface area contributed by atoms with Gasteiger partial charge in [0, 0.05) is 31.0 Å². The zero-order valence-electron chi connectivity index (χ0n) is 19.9. The number of hydrogen-bond acceptors (Lipinski definition) is 5. The maximum absolute atomic E-state index is 13.0. The third-order valence-electron chi connectivity index (χ3n) is 6.25. The predicted octanol–water partition coefficient (Wildman–Crippen LogP) is 5.23. The maximum atomic E-state index is 13.0. The van der Waals surface area contributed by atoms with E-state index in [-0.39, 0.29) is 11.2 Å². The largest absolute Gasteiger partial charge is 0.378 e. The highest BCUT2D eigenvalue weighted by Crippen LogP contribution is 2.29. The van der Waals surface area contributed by atoms with Crippen molar-refractivity contribution >= 4 is 40.1 Å². The van der Waals surface area contributed by atoms with E-state index >= 15 is 0 Å². The summed E-state index contributed by atoms with van der Waals surface area (Å²) in [7, 11) is 0. The first-order valence-electron chi connectivity index (χ1n) is 12.1. The number of amides is 1. The van der Waals surface area contributed by atoms with Crippen LogP contribution >= 0.6 is 11.8 Å². The van der Waals surface area contributed by atoms with Crippen LogP contribution in [0.3, 0.4) is 0 Å². The van der Waals surface area contributed by atoms with Crippen molar-refractivity contribution in [1.29, 1.82) is 0 Å². The average Bonchev–Trinajstić information content (AvgIpc) is 3.25. The van der Waals surface area contributed by atoms with Gasteiger partial charge in [0.15, 0.2) is 5.16 Å². The Morgan fingerprint density at radius 3 is 2.49 bits per heavy atom. The molecular formula is C28H30N4O2S. The van der Waals surface area contributed by atoms with E-state index in [0.29, 0.717) is 0 Å². The molecule has 1 atom stereocenters. The summed E-state index contributed by atoms with van der Waals surface area (Å²) in [5.41, 5.74) is 5.29. The second-order valence-electron chi connectivity index (χ2n) is 8.67. The standard InChI is InChI=1S/C28H30N4O2S/c1-21(27(33)29-23-11-13-24(14-12-23)31-17-19-34-20-18-31)35-28-30-25-9-5-6-10-26(25)32(28)16-15-22-7-3-2-4-8-22/h2-14,21H,15-20H2,1H3,(H,29,33)/t21-/m0/s1. The maximum Gasteiger partial charge on any atom is 0.237 e. The van der Waals surface area contributed by atoms with E-state index in [2.05, 4.69) is 57.2 Å². The molecular weight excluding hydrogens is 456 g/mol. The molecule has 1 aliphatic heterocycles. The van der Waals surface area contributed by atoms with Crippen molar-refractivity contribution in [2.24, 2.45) is 0 Å². The monoisotopic (exact) mass is 486 g/mol. The molecule has 1 fully saturated rings. The van der Waals surface area contributed by atoms with Crippen molar-refractivity contribution in [2.75, 3.05) is 36.5 Å². The molecule has 4 aromatic rings. The number of fused-ring (bicyclic) bond motifs is 1. The van der Waals surface area contributed by atoms with E-state index in [9.17, 15) is 4.79 Å². The molecule has 0 aliphatic carbocycles. The number of thioether (sulfide) groups is 1. The SMILES string of the molecule is C[C@H](Sc1nc2ccccc2n1CCc1ccccc1)C(=O)Nc1ccc(N2CCOCC2)cc1. The smallest absolute Gasteiger partial charge is 0.237 e. The normalized spacial score (nSPS) is 14.7. The lowest BCUT2D eigenvalue weighted by atomic mass is 10.1. The molecule has 0 radical (unpaired) electrons. The number of morpholine rings is 1. The minimum Gasteiger partial charge on any atom is -0.378 e. The van der Waals surface area contributed by atoms with Crippen molar-refractivity contribution in [3.63, 3.8) is 0 Å². The zero-order valence-corrected chi connectivity index (χ0v) is 20.7. The number of benzene rings is 3. The van der Waals surface area contributed by atoms with Gasteiger partial charge in [0.25, 0.3) is 0 Å². The number of ether oxygens (including phenoxy) is 1. The van der Waals surface area contributed by atoms with Crippen molar-refractivity contribution in [2.45, 2.75) is 30.3 Å². The highest BCUT2D eigenvalue weighted by atomic mass is 32.2. The van der Waals surface area contributed by atoms with Crippen LogP contribution in [0.2, 0.25) is 0 Å². The minimum absolute atomic E-state index is 0.0317. The lowest BCUT2D eigenvalue weighted by Crippen LogP contribution is -2.36. The van der Waals surface area contributed by atoms with Crippen molar-refractivity contribution in [3.05, 3.63) is 84.4 Å². The van der Waals surface area contributed by atoms with Gasteiger partial charge in [-0.1, -0.05) is 54.2 Å². The van der Waals surface area contributed by atoms with Crippen LogP contribution in [0.15, 0.2) is 84.0 Å². The van der Waals surface area contributed by atoms with E-state index in [4.69, 9.17) is 9.72 Å². The summed E-state index contributed by atoms with van der Waals surface area (Å²) in [6, 6.07) is 26.7. The van der Waals surface area contributed by atoms with Crippen LogP contribution in [0.4, 0.5) is 11.4 Å². The van der Waals surface area contributed by atoms with E-state index in [1.54, 1.807) is 0 Å². The van der Waals surface area contributed by atoms with Gasteiger partial charge >= 0.3 is 0 Å². The van der Waals surface area contributed by atoms with Gasteiger partial charge in [-0.05, 0) is 55.3 Å². The van der Waals surface area contributed by atoms with Crippen LogP contribution < -0.4 is 10.2 Å². The number of nitrogens with one attached hydrogen (secondary N) is 1. The number of anilines is 2. The molecule has 180 valence electrons. The second kappa shape index (κ2) is 11.0. The highest BCUT2D eigenvalue weighted by Gasteiger charge is 2.20. The number of aromatic nitrogens is 2. The number of aryl methyl sites for hydroxylation is 2. The third-order valence-corrected chi connectivity index (χ3v) is 7.34. The van der Waals surface area contributed by atoms with Gasteiger partial charge in [-0.15, -0.1) is 0 Å². The summed E-state index contributed by atoms with van der Waals surface area (Å²) in [6.45, 7) is 6.04. The Morgan fingerprint density at radius 1 is 1.00 bits per heavy atom. The van der Waals surface area contributed by atoms with Gasteiger partial charge in [-0.3, -0.25) is 4.79 Å². The first-order chi connectivity index (χ1) is 17.2. The van der Waals surface area contributed by atoms with E-state index < -0.39 is 0 Å². The van der Waals surface area contributed by atoms with Gasteiger partial charge < -0.3 is 19.5 Å². The van der Waals surface area contributed by atoms with Crippen molar-refractivity contribution < 1.29 is 9.53 Å². The molecule has 1 saturated heterocycles. The van der Waals surface area contributed by atoms with Crippen LogP contribution in [0.1, 0.15) is 12.5 Å². The molecule has 3 aromatic carbocycles. The predicted molar refractivity (Wildman–Crippen MR) is 143 cm³/mol. The lowest BCUT2D eigenvalue weighted by molar-refractivity contribution is -0.115. The number of imidazole rings is 1. The molecule has 0 unspecified atom stereocenters. The first kappa shape index (κ1) is 23.5. The molecule has 0 bridgehead atoms. The molecule has 1 N–H and O–H groups in total. The Balaban J connectivity index is 1.26. The Kier molecular flexibility index (Phi) is 7.35. The van der Waals surface area contributed by atoms with Gasteiger partial charge in [-0.2, -0.15) is 0 Å². The second-order valence-corrected chi connectivity index (χ2v) is 9.97. The van der Waals surface area contributed by atoms with Crippen molar-refractivity contribution in [1.82, 2.24) is 9.55 Å². The Labute approximate surface area is 210 Å². The summed E-state index contributed by atoms with van der Waals surface area (Å²) in [5, 5.41) is 3.64. The highest BCUT2D eigenvalue weighted by molar-refractivity contribution is 8.00. The molecule has 7 heteroatoms. The summed E-state index contributed by atoms with van der Waals surface area (Å²) in [5.74, 6) is -0.0317. The first-order valence-corrected chi connectivity index (χ1v) is 12.9. The zero-order chi connectivity index (χ0) is 24.0. The van der Waals surface area contributed by atoms with Crippen LogP contribution in [0.5, 0.6) is 0 Å². The molecule has 0 saturated carbocycles. The summed E-state index contributed by atoms with van der Waals surface area (Å²) in [6.07, 6.45) is 0.908. The summed E-state index contributed by atoms with van der Waals surface area (Å²) in [4.78, 5) is 20.2. The average molecular weight is 487 g/mol. The Morgan fingerprint density at radius 2 is 1.71 bits per heavy atom. The molecule has 1 aromatic heterocycles. The van der Waals surface area contributed by atoms with Crippen molar-refractivity contribution in [3.8, 4) is 0 Å². The lowest BCUT2D eigenvalue weighted by Gasteiger charge is -2.28. The minimum atomic E-state index is -0.291. The number of carbonyl (C=O) groups excluding carboxylic acids is 1. The number of hydrogen-bond donors (Lipinski definition) is 1. The van der Waals surface area contributed by atoms with Crippen LogP contribution in [-0.4, -0.2) is 47.0 Å². The van der Waals surface area contributed by atoms with Gasteiger partial charge in [0.1, 0.15) is 0 Å². The summed E-state index contributed by atoms with van der Waals surface area (Å²) >= 11 is 1.50. The topological polar surface area (TPSA) is 59.4 Å². The fourth-order valence-corrected chi connectivity index (χ4v) is 5.23. The van der Waals surface area contributed by atoms with E-state index in [1.807, 2.05) is 43.3 Å². The number of nitrogens with zero attached hydrogens (tertiary/aromatic N) is 3. The number of carbonyl (C=O) groups is 1. The molecule has 1 aliphatic rings. The van der Waals surface area contributed by atoms with Gasteiger partial charge in [0.05, 0.1) is 29.5 Å². The fourth-order valence-electron chi connectivity index (χ4n) is 4.28. The molecule has 1 amide bonds. The third kappa shape index (κ3) is 5.69. The quantitative estimate of drug-likeness (QED) is 0.346. The molecule has 6 nitrogen and oxygen atoms in total. The van der Waals surface area contributed by atoms with E-state index in [0.717, 1.165) is 66.8 Å².